The fourth-order valence-corrected chi connectivity index (χ4v) is 4.36. The van der Waals surface area contributed by atoms with Gasteiger partial charge in [0.25, 0.3) is 5.91 Å². The van der Waals surface area contributed by atoms with Crippen molar-refractivity contribution in [3.63, 3.8) is 0 Å². The Balaban J connectivity index is 1.50. The number of aryl methyl sites for hydroxylation is 1. The molecule has 8 heteroatoms. The molecule has 7 nitrogen and oxygen atoms in total. The summed E-state index contributed by atoms with van der Waals surface area (Å²) < 4.78 is 10.6. The van der Waals surface area contributed by atoms with E-state index in [0.29, 0.717) is 29.4 Å². The van der Waals surface area contributed by atoms with E-state index in [1.807, 2.05) is 34.5 Å². The van der Waals surface area contributed by atoms with Gasteiger partial charge in [0, 0.05) is 17.9 Å². The fraction of sp³-hybridized carbons (Fsp3) is 0.217. The van der Waals surface area contributed by atoms with Crippen molar-refractivity contribution in [2.45, 2.75) is 12.8 Å². The number of para-hydroxylation sites is 1. The molecule has 0 spiro atoms. The van der Waals surface area contributed by atoms with Crippen molar-refractivity contribution in [2.75, 3.05) is 36.3 Å². The molecule has 1 aliphatic rings. The van der Waals surface area contributed by atoms with Crippen LogP contribution >= 0.6 is 11.3 Å². The second-order valence-corrected chi connectivity index (χ2v) is 7.95. The van der Waals surface area contributed by atoms with Gasteiger partial charge >= 0.3 is 6.03 Å². The minimum absolute atomic E-state index is 0.0134. The minimum Gasteiger partial charge on any atom is -0.493 e. The molecule has 0 aliphatic carbocycles. The Hall–Kier alpha value is -3.52. The number of urea groups is 1. The highest BCUT2D eigenvalue weighted by Gasteiger charge is 2.24. The molecular weight excluding hydrogens is 414 g/mol. The Morgan fingerprint density at radius 3 is 2.65 bits per heavy atom. The first kappa shape index (κ1) is 20.7. The predicted octanol–water partition coefficient (Wildman–Crippen LogP) is 5.00. The summed E-state index contributed by atoms with van der Waals surface area (Å²) in [6.45, 7) is 0.687. The first-order valence-corrected chi connectivity index (χ1v) is 10.8. The topological polar surface area (TPSA) is 79.9 Å². The van der Waals surface area contributed by atoms with E-state index in [0.717, 1.165) is 29.0 Å². The van der Waals surface area contributed by atoms with Gasteiger partial charge in [0.1, 0.15) is 0 Å². The zero-order valence-electron chi connectivity index (χ0n) is 17.3. The van der Waals surface area contributed by atoms with Crippen LogP contribution in [0.15, 0.2) is 53.9 Å². The molecule has 3 amide bonds. The summed E-state index contributed by atoms with van der Waals surface area (Å²) in [4.78, 5) is 27.9. The first-order chi connectivity index (χ1) is 15.1. The third-order valence-corrected chi connectivity index (χ3v) is 5.94. The first-order valence-electron chi connectivity index (χ1n) is 9.88. The van der Waals surface area contributed by atoms with Crippen molar-refractivity contribution in [3.05, 3.63) is 64.4 Å². The molecule has 0 saturated heterocycles. The van der Waals surface area contributed by atoms with Gasteiger partial charge in [-0.2, -0.15) is 0 Å². The van der Waals surface area contributed by atoms with E-state index in [9.17, 15) is 9.59 Å². The number of methoxy groups -OCH3 is 2. The maximum absolute atomic E-state index is 12.8. The second kappa shape index (κ2) is 9.09. The van der Waals surface area contributed by atoms with Crippen LogP contribution in [-0.4, -0.2) is 32.7 Å². The molecule has 1 aliphatic heterocycles. The highest BCUT2D eigenvalue weighted by Crippen LogP contribution is 2.35. The Morgan fingerprint density at radius 1 is 1.03 bits per heavy atom. The molecule has 0 bridgehead atoms. The largest absolute Gasteiger partial charge is 0.493 e. The average Bonchev–Trinajstić information content (AvgIpc) is 3.32. The van der Waals surface area contributed by atoms with E-state index in [1.165, 1.54) is 18.4 Å². The van der Waals surface area contributed by atoms with Crippen LogP contribution in [0.4, 0.5) is 21.9 Å². The second-order valence-electron chi connectivity index (χ2n) is 7.00. The van der Waals surface area contributed by atoms with E-state index >= 15 is 0 Å². The molecule has 0 fully saturated rings. The lowest BCUT2D eigenvalue weighted by molar-refractivity contribution is 0.0989. The van der Waals surface area contributed by atoms with Gasteiger partial charge in [0.05, 0.1) is 24.8 Å². The summed E-state index contributed by atoms with van der Waals surface area (Å²) >= 11 is 1.44. The lowest BCUT2D eigenvalue weighted by Gasteiger charge is -2.29. The maximum Gasteiger partial charge on any atom is 0.323 e. The molecule has 31 heavy (non-hydrogen) atoms. The number of benzene rings is 2. The van der Waals surface area contributed by atoms with Crippen LogP contribution in [0.25, 0.3) is 0 Å². The van der Waals surface area contributed by atoms with Crippen molar-refractivity contribution >= 4 is 40.3 Å². The lowest BCUT2D eigenvalue weighted by Crippen LogP contribution is -2.35. The van der Waals surface area contributed by atoms with Gasteiger partial charge in [-0.3, -0.25) is 4.79 Å². The Labute approximate surface area is 184 Å². The molecule has 160 valence electrons. The molecule has 0 saturated carbocycles. The maximum atomic E-state index is 12.8. The van der Waals surface area contributed by atoms with Crippen LogP contribution in [0.1, 0.15) is 21.7 Å². The molecule has 2 aromatic carbocycles. The number of carbonyl (C=O) groups excluding carboxylic acids is 2. The average molecular weight is 438 g/mol. The molecule has 0 radical (unpaired) electrons. The van der Waals surface area contributed by atoms with Crippen LogP contribution in [0.3, 0.4) is 0 Å². The van der Waals surface area contributed by atoms with Crippen LogP contribution < -0.4 is 25.0 Å². The number of anilines is 3. The zero-order chi connectivity index (χ0) is 21.8. The van der Waals surface area contributed by atoms with Gasteiger partial charge in [0.15, 0.2) is 11.5 Å². The van der Waals surface area contributed by atoms with Crippen LogP contribution in [0, 0.1) is 0 Å². The zero-order valence-corrected chi connectivity index (χ0v) is 18.1. The third-order valence-electron chi connectivity index (χ3n) is 5.08. The van der Waals surface area contributed by atoms with Crippen molar-refractivity contribution < 1.29 is 19.1 Å². The highest BCUT2D eigenvalue weighted by molar-refractivity contribution is 7.12. The normalized spacial score (nSPS) is 12.6. The molecule has 2 N–H and O–H groups in total. The Bertz CT molecular complexity index is 1100. The van der Waals surface area contributed by atoms with Crippen LogP contribution in [0.2, 0.25) is 0 Å². The molecule has 0 atom stereocenters. The number of rotatable bonds is 5. The molecule has 0 unspecified atom stereocenters. The molecule has 1 aromatic heterocycles. The summed E-state index contributed by atoms with van der Waals surface area (Å²) in [5.74, 6) is 0.998. The monoisotopic (exact) mass is 437 g/mol. The number of hydrogen-bond acceptors (Lipinski definition) is 5. The smallest absolute Gasteiger partial charge is 0.323 e. The van der Waals surface area contributed by atoms with Crippen LogP contribution in [-0.2, 0) is 6.42 Å². The number of hydrogen-bond donors (Lipinski definition) is 2. The summed E-state index contributed by atoms with van der Waals surface area (Å²) in [5, 5.41) is 7.55. The van der Waals surface area contributed by atoms with E-state index in [-0.39, 0.29) is 5.91 Å². The molecule has 3 aromatic rings. The lowest BCUT2D eigenvalue weighted by atomic mass is 10.0. The van der Waals surface area contributed by atoms with E-state index in [4.69, 9.17) is 9.47 Å². The third kappa shape index (κ3) is 4.34. The summed E-state index contributed by atoms with van der Waals surface area (Å²) in [6, 6.07) is 14.2. The van der Waals surface area contributed by atoms with Gasteiger partial charge in [-0.25, -0.2) is 4.79 Å². The summed E-state index contributed by atoms with van der Waals surface area (Å²) in [6.07, 6.45) is 1.73. The molecule has 4 rings (SSSR count). The van der Waals surface area contributed by atoms with Gasteiger partial charge < -0.3 is 25.0 Å². The summed E-state index contributed by atoms with van der Waals surface area (Å²) in [7, 11) is 3.06. The Morgan fingerprint density at radius 2 is 1.90 bits per heavy atom. The fourth-order valence-electron chi connectivity index (χ4n) is 3.69. The van der Waals surface area contributed by atoms with Gasteiger partial charge in [-0.15, -0.1) is 11.3 Å². The highest BCUT2D eigenvalue weighted by atomic mass is 32.1. The summed E-state index contributed by atoms with van der Waals surface area (Å²) in [5.41, 5.74) is 3.09. The number of fused-ring (bicyclic) bond motifs is 1. The number of nitrogens with zero attached hydrogens (tertiary/aromatic N) is 1. The van der Waals surface area contributed by atoms with E-state index in [1.54, 1.807) is 31.4 Å². The van der Waals surface area contributed by atoms with Crippen molar-refractivity contribution in [3.8, 4) is 11.5 Å². The van der Waals surface area contributed by atoms with Gasteiger partial charge in [0.2, 0.25) is 0 Å². The molecular formula is C23H23N3O4S. The number of ether oxygens (including phenoxy) is 2. The quantitative estimate of drug-likeness (QED) is 0.589. The van der Waals surface area contributed by atoms with Crippen molar-refractivity contribution in [2.24, 2.45) is 0 Å². The standard InChI is InChI=1S/C23H23N3O4S/c1-29-19-8-3-7-17(21(19)30-2)25-23(28)24-16-10-11-18-15(14-16)6-4-12-26(18)22(27)20-9-5-13-31-20/h3,5,7-11,13-14H,4,6,12H2,1-2H3,(H2,24,25,28). The predicted molar refractivity (Wildman–Crippen MR) is 123 cm³/mol. The van der Waals surface area contributed by atoms with Crippen LogP contribution in [0.5, 0.6) is 11.5 Å². The number of carbonyl (C=O) groups is 2. The number of amides is 3. The number of thiophene rings is 1. The number of nitrogens with one attached hydrogen (secondary N) is 2. The SMILES string of the molecule is COc1cccc(NC(=O)Nc2ccc3c(c2)CCCN3C(=O)c2cccs2)c1OC. The van der Waals surface area contributed by atoms with Crippen molar-refractivity contribution in [1.29, 1.82) is 0 Å². The Kier molecular flexibility index (Phi) is 6.08. The van der Waals surface area contributed by atoms with Gasteiger partial charge in [-0.05, 0) is 60.2 Å². The van der Waals surface area contributed by atoms with E-state index in [2.05, 4.69) is 10.6 Å². The van der Waals surface area contributed by atoms with Crippen molar-refractivity contribution in [1.82, 2.24) is 0 Å². The molecule has 2 heterocycles. The minimum atomic E-state index is -0.395. The van der Waals surface area contributed by atoms with Gasteiger partial charge in [-0.1, -0.05) is 12.1 Å². The van der Waals surface area contributed by atoms with E-state index < -0.39 is 6.03 Å².